The third-order valence-corrected chi connectivity index (χ3v) is 5.63. The molecular formula is C19H19N3O4S. The van der Waals surface area contributed by atoms with E-state index in [0.29, 0.717) is 26.3 Å². The fraction of sp³-hybridized carbons (Fsp3) is 0.263. The predicted molar refractivity (Wildman–Crippen MR) is 104 cm³/mol. The summed E-state index contributed by atoms with van der Waals surface area (Å²) in [7, 11) is 1.29. The van der Waals surface area contributed by atoms with Gasteiger partial charge in [-0.2, -0.15) is 0 Å². The molecule has 0 saturated heterocycles. The quantitative estimate of drug-likeness (QED) is 0.697. The van der Waals surface area contributed by atoms with Crippen molar-refractivity contribution in [3.05, 3.63) is 57.0 Å². The summed E-state index contributed by atoms with van der Waals surface area (Å²) in [5.41, 5.74) is 1.77. The molecule has 7 nitrogen and oxygen atoms in total. The van der Waals surface area contributed by atoms with E-state index < -0.39 is 12.0 Å². The Morgan fingerprint density at radius 3 is 2.63 bits per heavy atom. The van der Waals surface area contributed by atoms with Crippen molar-refractivity contribution in [2.45, 2.75) is 26.8 Å². The van der Waals surface area contributed by atoms with Crippen LogP contribution in [0.4, 0.5) is 5.69 Å². The van der Waals surface area contributed by atoms with Gasteiger partial charge in [-0.05, 0) is 38.0 Å². The maximum absolute atomic E-state index is 12.9. The van der Waals surface area contributed by atoms with E-state index in [1.165, 1.54) is 18.0 Å². The number of hydrogen-bond donors (Lipinski definition) is 1. The van der Waals surface area contributed by atoms with Crippen molar-refractivity contribution in [1.82, 2.24) is 9.55 Å². The van der Waals surface area contributed by atoms with E-state index in [0.717, 1.165) is 16.9 Å². The number of ether oxygens (including phenoxy) is 1. The number of anilines is 1. The number of aryl methyl sites for hydroxylation is 2. The molecule has 0 aliphatic carbocycles. The summed E-state index contributed by atoms with van der Waals surface area (Å²) >= 11 is 1.10. The summed E-state index contributed by atoms with van der Waals surface area (Å²) in [5.74, 6) is -0.833. The first kappa shape index (κ1) is 18.8. The van der Waals surface area contributed by atoms with Crippen LogP contribution in [0.1, 0.15) is 33.8 Å². The number of para-hydroxylation sites is 1. The Balaban J connectivity index is 1.99. The number of rotatable bonds is 4. The standard InChI is InChI=1S/C19H19N3O4S/c1-10-7-5-6-8-13(10)21-16(23)12(3)22-9-20-17-14(18(22)24)11(2)15(27-17)19(25)26-4/h5-9,12H,1-4H3,(H,21,23)/t12-/m1/s1. The normalized spacial score (nSPS) is 12.0. The molecule has 2 aromatic heterocycles. The molecule has 27 heavy (non-hydrogen) atoms. The minimum Gasteiger partial charge on any atom is -0.465 e. The smallest absolute Gasteiger partial charge is 0.348 e. The topological polar surface area (TPSA) is 90.3 Å². The van der Waals surface area contributed by atoms with Gasteiger partial charge in [0.25, 0.3) is 5.56 Å². The van der Waals surface area contributed by atoms with Crippen molar-refractivity contribution in [2.75, 3.05) is 12.4 Å². The van der Waals surface area contributed by atoms with Gasteiger partial charge in [0, 0.05) is 5.69 Å². The average Bonchev–Trinajstić information content (AvgIpc) is 3.00. The molecular weight excluding hydrogens is 366 g/mol. The van der Waals surface area contributed by atoms with Gasteiger partial charge < -0.3 is 10.1 Å². The molecule has 1 amide bonds. The van der Waals surface area contributed by atoms with Gasteiger partial charge in [-0.3, -0.25) is 14.2 Å². The Labute approximate surface area is 159 Å². The number of benzene rings is 1. The van der Waals surface area contributed by atoms with Crippen molar-refractivity contribution in [3.8, 4) is 0 Å². The Kier molecular flexibility index (Phi) is 5.09. The maximum atomic E-state index is 12.9. The lowest BCUT2D eigenvalue weighted by atomic mass is 10.2. The van der Waals surface area contributed by atoms with Gasteiger partial charge in [-0.15, -0.1) is 11.3 Å². The number of methoxy groups -OCH3 is 1. The molecule has 3 rings (SSSR count). The number of thiophene rings is 1. The Bertz CT molecular complexity index is 1100. The second-order valence-electron chi connectivity index (χ2n) is 6.17. The summed E-state index contributed by atoms with van der Waals surface area (Å²) in [6, 6.07) is 6.64. The molecule has 0 saturated carbocycles. The van der Waals surface area contributed by atoms with Crippen molar-refractivity contribution < 1.29 is 14.3 Å². The van der Waals surface area contributed by atoms with E-state index in [9.17, 15) is 14.4 Å². The zero-order valence-corrected chi connectivity index (χ0v) is 16.2. The molecule has 0 aliphatic heterocycles. The first-order chi connectivity index (χ1) is 12.8. The minimum absolute atomic E-state index is 0.325. The highest BCUT2D eigenvalue weighted by atomic mass is 32.1. The Morgan fingerprint density at radius 2 is 1.96 bits per heavy atom. The van der Waals surface area contributed by atoms with Crippen LogP contribution in [0.15, 0.2) is 35.4 Å². The second-order valence-corrected chi connectivity index (χ2v) is 7.16. The third-order valence-electron chi connectivity index (χ3n) is 4.45. The number of carbonyl (C=O) groups excluding carboxylic acids is 2. The second kappa shape index (κ2) is 7.32. The van der Waals surface area contributed by atoms with Crippen molar-refractivity contribution in [1.29, 1.82) is 0 Å². The number of hydrogen-bond acceptors (Lipinski definition) is 6. The molecule has 1 aromatic carbocycles. The highest BCUT2D eigenvalue weighted by molar-refractivity contribution is 7.20. The number of amides is 1. The van der Waals surface area contributed by atoms with Crippen LogP contribution in [0.2, 0.25) is 0 Å². The molecule has 0 bridgehead atoms. The largest absolute Gasteiger partial charge is 0.465 e. The molecule has 0 spiro atoms. The Morgan fingerprint density at radius 1 is 1.26 bits per heavy atom. The average molecular weight is 385 g/mol. The molecule has 140 valence electrons. The zero-order valence-electron chi connectivity index (χ0n) is 15.4. The summed E-state index contributed by atoms with van der Waals surface area (Å²) in [6.07, 6.45) is 1.34. The van der Waals surface area contributed by atoms with Crippen LogP contribution >= 0.6 is 11.3 Å². The highest BCUT2D eigenvalue weighted by Gasteiger charge is 2.23. The van der Waals surface area contributed by atoms with Gasteiger partial charge >= 0.3 is 5.97 Å². The number of fused-ring (bicyclic) bond motifs is 1. The predicted octanol–water partition coefficient (Wildman–Crippen LogP) is 3.06. The van der Waals surface area contributed by atoms with E-state index in [4.69, 9.17) is 4.74 Å². The van der Waals surface area contributed by atoms with Crippen molar-refractivity contribution in [3.63, 3.8) is 0 Å². The highest BCUT2D eigenvalue weighted by Crippen LogP contribution is 2.27. The van der Waals surface area contributed by atoms with Gasteiger partial charge in [0.05, 0.1) is 18.8 Å². The van der Waals surface area contributed by atoms with Crippen molar-refractivity contribution >= 4 is 39.1 Å². The fourth-order valence-electron chi connectivity index (χ4n) is 2.78. The third kappa shape index (κ3) is 3.35. The summed E-state index contributed by atoms with van der Waals surface area (Å²) in [5, 5.41) is 3.16. The molecule has 1 N–H and O–H groups in total. The van der Waals surface area contributed by atoms with Crippen LogP contribution in [0.25, 0.3) is 10.2 Å². The molecule has 1 atom stereocenters. The molecule has 0 fully saturated rings. The lowest BCUT2D eigenvalue weighted by molar-refractivity contribution is -0.118. The molecule has 0 radical (unpaired) electrons. The van der Waals surface area contributed by atoms with Gasteiger partial charge in [0.2, 0.25) is 5.91 Å². The molecule has 8 heteroatoms. The number of nitrogens with zero attached hydrogens (tertiary/aromatic N) is 2. The SMILES string of the molecule is COC(=O)c1sc2ncn([C@H](C)C(=O)Nc3ccccc3C)c(=O)c2c1C. The zero-order chi connectivity index (χ0) is 19.7. The molecule has 0 unspecified atom stereocenters. The van der Waals surface area contributed by atoms with E-state index in [2.05, 4.69) is 10.3 Å². The minimum atomic E-state index is -0.769. The number of carbonyl (C=O) groups is 2. The van der Waals surface area contributed by atoms with Crippen LogP contribution < -0.4 is 10.9 Å². The first-order valence-corrected chi connectivity index (χ1v) is 9.11. The fourth-order valence-corrected chi connectivity index (χ4v) is 3.83. The number of nitrogens with one attached hydrogen (secondary N) is 1. The number of aromatic nitrogens is 2. The van der Waals surface area contributed by atoms with E-state index in [1.807, 2.05) is 25.1 Å². The van der Waals surface area contributed by atoms with Crippen LogP contribution in [-0.2, 0) is 9.53 Å². The Hall–Kier alpha value is -3.00. The van der Waals surface area contributed by atoms with Crippen LogP contribution in [0.5, 0.6) is 0 Å². The summed E-state index contributed by atoms with van der Waals surface area (Å²) in [4.78, 5) is 42.5. The van der Waals surface area contributed by atoms with Crippen LogP contribution in [0.3, 0.4) is 0 Å². The number of esters is 1. The maximum Gasteiger partial charge on any atom is 0.348 e. The molecule has 0 aliphatic rings. The van der Waals surface area contributed by atoms with E-state index in [1.54, 1.807) is 19.9 Å². The van der Waals surface area contributed by atoms with Gasteiger partial charge in [-0.25, -0.2) is 9.78 Å². The summed E-state index contributed by atoms with van der Waals surface area (Å²) < 4.78 is 6.03. The lowest BCUT2D eigenvalue weighted by Gasteiger charge is -2.16. The summed E-state index contributed by atoms with van der Waals surface area (Å²) in [6.45, 7) is 5.20. The van der Waals surface area contributed by atoms with Gasteiger partial charge in [0.15, 0.2) is 0 Å². The molecule has 2 heterocycles. The van der Waals surface area contributed by atoms with Gasteiger partial charge in [-0.1, -0.05) is 18.2 Å². The monoisotopic (exact) mass is 385 g/mol. The van der Waals surface area contributed by atoms with Gasteiger partial charge in [0.1, 0.15) is 15.7 Å². The van der Waals surface area contributed by atoms with E-state index in [-0.39, 0.29) is 11.5 Å². The van der Waals surface area contributed by atoms with Crippen molar-refractivity contribution in [2.24, 2.45) is 0 Å². The van der Waals surface area contributed by atoms with Crippen LogP contribution in [-0.4, -0.2) is 28.5 Å². The van der Waals surface area contributed by atoms with E-state index >= 15 is 0 Å². The lowest BCUT2D eigenvalue weighted by Crippen LogP contribution is -2.32. The molecule has 3 aromatic rings. The first-order valence-electron chi connectivity index (χ1n) is 8.30. The van der Waals surface area contributed by atoms with Crippen LogP contribution in [0, 0.1) is 13.8 Å².